The summed E-state index contributed by atoms with van der Waals surface area (Å²) in [6.45, 7) is 1.68. The van der Waals surface area contributed by atoms with E-state index in [9.17, 15) is 4.79 Å². The minimum atomic E-state index is -1.56. The van der Waals surface area contributed by atoms with Crippen molar-refractivity contribution in [3.05, 3.63) is 29.3 Å². The summed E-state index contributed by atoms with van der Waals surface area (Å²) in [5.41, 5.74) is 0.858. The quantitative estimate of drug-likeness (QED) is 0.572. The highest BCUT2D eigenvalue weighted by molar-refractivity contribution is 5.56. The number of hydrogen-bond acceptors (Lipinski definition) is 4. The van der Waals surface area contributed by atoms with Crippen LogP contribution in [-0.4, -0.2) is 11.3 Å². The van der Waals surface area contributed by atoms with Crippen LogP contribution in [0.1, 0.15) is 11.1 Å². The minimum Gasteiger partial charge on any atom is -0.447 e. The number of carbonyl (C=O) groups is 1. The molecule has 0 saturated carbocycles. The van der Waals surface area contributed by atoms with Crippen LogP contribution in [0.5, 0.6) is 5.75 Å². The summed E-state index contributed by atoms with van der Waals surface area (Å²) >= 11 is 0. The minimum absolute atomic E-state index is 0.123. The molecule has 72 valence electrons. The second kappa shape index (κ2) is 4.14. The van der Waals surface area contributed by atoms with Crippen LogP contribution in [0.15, 0.2) is 18.2 Å². The van der Waals surface area contributed by atoms with Gasteiger partial charge in [0.1, 0.15) is 6.07 Å². The first-order valence-corrected chi connectivity index (χ1v) is 3.72. The van der Waals surface area contributed by atoms with Gasteiger partial charge in [-0.25, -0.2) is 9.68 Å². The Bertz CT molecular complexity index is 394. The maximum Gasteiger partial charge on any atom is 0.547 e. The second-order valence-electron chi connectivity index (χ2n) is 2.50. The Hall–Kier alpha value is -2.22. The molecule has 1 aromatic rings. The third-order valence-electron chi connectivity index (χ3n) is 1.53. The van der Waals surface area contributed by atoms with Crippen molar-refractivity contribution in [2.24, 2.45) is 0 Å². The van der Waals surface area contributed by atoms with E-state index in [-0.39, 0.29) is 11.3 Å². The first-order valence-electron chi connectivity index (χ1n) is 3.72. The van der Waals surface area contributed by atoms with Crippen molar-refractivity contribution in [2.45, 2.75) is 6.92 Å². The van der Waals surface area contributed by atoms with Gasteiger partial charge in [0.2, 0.25) is 0 Å². The number of para-hydroxylation sites is 1. The smallest absolute Gasteiger partial charge is 0.447 e. The Morgan fingerprint density at radius 2 is 2.29 bits per heavy atom. The van der Waals surface area contributed by atoms with E-state index in [1.807, 2.05) is 6.07 Å². The molecule has 0 bridgehead atoms. The molecule has 0 fully saturated rings. The van der Waals surface area contributed by atoms with Crippen molar-refractivity contribution in [3.8, 4) is 11.8 Å². The van der Waals surface area contributed by atoms with Crippen molar-refractivity contribution in [1.29, 1.82) is 5.26 Å². The normalized spacial score (nSPS) is 8.86. The molecule has 5 heteroatoms. The summed E-state index contributed by atoms with van der Waals surface area (Å²) in [5.74, 6) is 0.123. The lowest BCUT2D eigenvalue weighted by atomic mass is 10.1. The zero-order valence-electron chi connectivity index (χ0n) is 7.35. The van der Waals surface area contributed by atoms with Gasteiger partial charge in [-0.2, -0.15) is 5.26 Å². The SMILES string of the molecule is Cc1cccc(C#N)c1OOC(=O)O. The third kappa shape index (κ3) is 2.14. The Morgan fingerprint density at radius 1 is 1.57 bits per heavy atom. The zero-order chi connectivity index (χ0) is 10.6. The Kier molecular flexibility index (Phi) is 2.92. The van der Waals surface area contributed by atoms with Gasteiger partial charge in [0, 0.05) is 0 Å². The van der Waals surface area contributed by atoms with Crippen molar-refractivity contribution in [1.82, 2.24) is 0 Å². The molecule has 0 amide bonds. The van der Waals surface area contributed by atoms with Crippen LogP contribution in [0.3, 0.4) is 0 Å². The van der Waals surface area contributed by atoms with E-state index in [1.54, 1.807) is 19.1 Å². The predicted octanol–water partition coefficient (Wildman–Crippen LogP) is 1.86. The highest BCUT2D eigenvalue weighted by atomic mass is 17.2. The molecule has 5 nitrogen and oxygen atoms in total. The van der Waals surface area contributed by atoms with Crippen LogP contribution in [0, 0.1) is 18.3 Å². The molecule has 14 heavy (non-hydrogen) atoms. The monoisotopic (exact) mass is 193 g/mol. The average molecular weight is 193 g/mol. The molecule has 0 spiro atoms. The lowest BCUT2D eigenvalue weighted by Gasteiger charge is -2.05. The molecular formula is C9H7NO4. The van der Waals surface area contributed by atoms with Crippen LogP contribution in [-0.2, 0) is 4.89 Å². The number of benzene rings is 1. The number of carboxylic acid groups (broad SMARTS) is 1. The van der Waals surface area contributed by atoms with Crippen molar-refractivity contribution in [3.63, 3.8) is 0 Å². The summed E-state index contributed by atoms with van der Waals surface area (Å²) in [6, 6.07) is 6.72. The predicted molar refractivity (Wildman–Crippen MR) is 45.6 cm³/mol. The van der Waals surface area contributed by atoms with Crippen LogP contribution < -0.4 is 4.89 Å². The summed E-state index contributed by atoms with van der Waals surface area (Å²) in [6.07, 6.45) is -1.56. The van der Waals surface area contributed by atoms with Gasteiger partial charge in [-0.1, -0.05) is 12.1 Å². The fourth-order valence-electron chi connectivity index (χ4n) is 0.928. The van der Waals surface area contributed by atoms with Gasteiger partial charge in [-0.15, -0.1) is 0 Å². The van der Waals surface area contributed by atoms with Gasteiger partial charge in [-0.05, 0) is 18.6 Å². The molecule has 0 aliphatic rings. The number of aryl methyl sites for hydroxylation is 1. The van der Waals surface area contributed by atoms with Crippen molar-refractivity contribution >= 4 is 6.16 Å². The Balaban J connectivity index is 2.94. The van der Waals surface area contributed by atoms with E-state index in [0.29, 0.717) is 5.56 Å². The van der Waals surface area contributed by atoms with Gasteiger partial charge in [0.05, 0.1) is 5.56 Å². The first kappa shape index (κ1) is 9.86. The molecule has 0 unspecified atom stereocenters. The van der Waals surface area contributed by atoms with Gasteiger partial charge in [0.15, 0.2) is 5.75 Å². The molecular weight excluding hydrogens is 186 g/mol. The molecule has 0 radical (unpaired) electrons. The fourth-order valence-corrected chi connectivity index (χ4v) is 0.928. The first-order chi connectivity index (χ1) is 6.65. The molecule has 0 atom stereocenters. The molecule has 0 saturated heterocycles. The van der Waals surface area contributed by atoms with Gasteiger partial charge in [-0.3, -0.25) is 4.89 Å². The molecule has 0 aliphatic carbocycles. The van der Waals surface area contributed by atoms with E-state index < -0.39 is 6.16 Å². The summed E-state index contributed by atoms with van der Waals surface area (Å²) in [4.78, 5) is 18.5. The molecule has 1 aromatic carbocycles. The Labute approximate surface area is 80.0 Å². The van der Waals surface area contributed by atoms with E-state index >= 15 is 0 Å². The van der Waals surface area contributed by atoms with E-state index in [2.05, 4.69) is 9.78 Å². The van der Waals surface area contributed by atoms with Crippen LogP contribution >= 0.6 is 0 Å². The van der Waals surface area contributed by atoms with E-state index in [4.69, 9.17) is 10.4 Å². The van der Waals surface area contributed by atoms with Crippen molar-refractivity contribution in [2.75, 3.05) is 0 Å². The molecule has 1 rings (SSSR count). The average Bonchev–Trinajstić information content (AvgIpc) is 2.15. The maximum atomic E-state index is 10.1. The lowest BCUT2D eigenvalue weighted by Crippen LogP contribution is -2.06. The van der Waals surface area contributed by atoms with Gasteiger partial charge < -0.3 is 5.11 Å². The fraction of sp³-hybridized carbons (Fsp3) is 0.111. The summed E-state index contributed by atoms with van der Waals surface area (Å²) in [7, 11) is 0. The van der Waals surface area contributed by atoms with E-state index in [0.717, 1.165) is 0 Å². The second-order valence-corrected chi connectivity index (χ2v) is 2.50. The van der Waals surface area contributed by atoms with Crippen LogP contribution in [0.4, 0.5) is 4.79 Å². The topological polar surface area (TPSA) is 79.5 Å². The highest BCUT2D eigenvalue weighted by Gasteiger charge is 2.09. The number of rotatable bonds is 2. The maximum absolute atomic E-state index is 10.1. The number of hydrogen-bond donors (Lipinski definition) is 1. The van der Waals surface area contributed by atoms with Gasteiger partial charge >= 0.3 is 6.16 Å². The molecule has 0 aliphatic heterocycles. The Morgan fingerprint density at radius 3 is 2.86 bits per heavy atom. The molecule has 0 aromatic heterocycles. The van der Waals surface area contributed by atoms with Crippen LogP contribution in [0.2, 0.25) is 0 Å². The third-order valence-corrected chi connectivity index (χ3v) is 1.53. The molecule has 1 N–H and O–H groups in total. The standard InChI is InChI=1S/C9H7NO4/c1-6-3-2-4-7(5-10)8(6)13-14-9(11)12/h2-4H,1H3,(H,11,12). The summed E-state index contributed by atoms with van der Waals surface area (Å²) < 4.78 is 0. The molecule has 0 heterocycles. The van der Waals surface area contributed by atoms with Crippen LogP contribution in [0.25, 0.3) is 0 Å². The number of nitrogens with zero attached hydrogens (tertiary/aromatic N) is 1. The summed E-state index contributed by atoms with van der Waals surface area (Å²) in [5, 5.41) is 16.9. The van der Waals surface area contributed by atoms with Gasteiger partial charge in [0.25, 0.3) is 0 Å². The van der Waals surface area contributed by atoms with Crippen molar-refractivity contribution < 1.29 is 19.7 Å². The number of nitriles is 1. The van der Waals surface area contributed by atoms with E-state index in [1.165, 1.54) is 6.07 Å². The highest BCUT2D eigenvalue weighted by Crippen LogP contribution is 2.22. The lowest BCUT2D eigenvalue weighted by molar-refractivity contribution is -0.161. The zero-order valence-corrected chi connectivity index (χ0v) is 7.35. The largest absolute Gasteiger partial charge is 0.547 e.